The maximum atomic E-state index is 12.1. The lowest BCUT2D eigenvalue weighted by Gasteiger charge is -2.10. The van der Waals surface area contributed by atoms with Gasteiger partial charge in [-0.05, 0) is 18.6 Å². The van der Waals surface area contributed by atoms with Crippen LogP contribution in [0.1, 0.15) is 23.8 Å². The van der Waals surface area contributed by atoms with Gasteiger partial charge in [-0.25, -0.2) is 4.79 Å². The van der Waals surface area contributed by atoms with Crippen LogP contribution in [-0.2, 0) is 4.79 Å². The Balaban J connectivity index is 2.32. The first-order chi connectivity index (χ1) is 10.5. The molecule has 0 saturated carbocycles. The van der Waals surface area contributed by atoms with Crippen LogP contribution in [0, 0.1) is 0 Å². The van der Waals surface area contributed by atoms with Crippen molar-refractivity contribution in [1.29, 1.82) is 0 Å². The van der Waals surface area contributed by atoms with Gasteiger partial charge in [0.25, 0.3) is 5.91 Å². The molecule has 0 saturated heterocycles. The monoisotopic (exact) mass is 306 g/mol. The predicted octanol–water partition coefficient (Wildman–Crippen LogP) is 1.78. The molecule has 2 rings (SSSR count). The number of carboxylic acids is 1. The Labute approximate surface area is 127 Å². The van der Waals surface area contributed by atoms with E-state index in [1.165, 1.54) is 14.2 Å². The van der Waals surface area contributed by atoms with E-state index in [1.807, 2.05) is 0 Å². The van der Waals surface area contributed by atoms with Crippen molar-refractivity contribution in [3.8, 4) is 11.5 Å². The molecule has 1 aromatic carbocycles. The van der Waals surface area contributed by atoms with Gasteiger partial charge in [0.1, 0.15) is 11.7 Å². The number of ether oxygens (including phenoxy) is 2. The summed E-state index contributed by atoms with van der Waals surface area (Å²) in [5, 5.41) is 12.2. The van der Waals surface area contributed by atoms with Gasteiger partial charge in [-0.3, -0.25) is 4.79 Å². The number of rotatable bonds is 6. The summed E-state index contributed by atoms with van der Waals surface area (Å²) in [6.07, 6.45) is 0.308. The predicted molar refractivity (Wildman–Crippen MR) is 80.6 cm³/mol. The third-order valence-electron chi connectivity index (χ3n) is 3.38. The molecule has 0 fully saturated rings. The summed E-state index contributed by atoms with van der Waals surface area (Å²) >= 11 is 0. The van der Waals surface area contributed by atoms with Gasteiger partial charge in [0.15, 0.2) is 11.5 Å². The minimum Gasteiger partial charge on any atom is -0.493 e. The summed E-state index contributed by atoms with van der Waals surface area (Å²) < 4.78 is 10.4. The second kappa shape index (κ2) is 6.38. The Hall–Kier alpha value is -2.70. The fraction of sp³-hybridized carbons (Fsp3) is 0.333. The fourth-order valence-corrected chi connectivity index (χ4v) is 2.16. The van der Waals surface area contributed by atoms with Gasteiger partial charge in [-0.15, -0.1) is 0 Å². The van der Waals surface area contributed by atoms with Crippen LogP contribution in [0.4, 0.5) is 0 Å². The summed E-state index contributed by atoms with van der Waals surface area (Å²) in [4.78, 5) is 26.1. The van der Waals surface area contributed by atoms with Crippen LogP contribution in [-0.4, -0.2) is 42.2 Å². The highest BCUT2D eigenvalue weighted by atomic mass is 16.5. The third-order valence-corrected chi connectivity index (χ3v) is 3.38. The molecule has 118 valence electrons. The molecule has 0 bridgehead atoms. The lowest BCUT2D eigenvalue weighted by Crippen LogP contribution is -2.40. The van der Waals surface area contributed by atoms with E-state index in [9.17, 15) is 9.59 Å². The number of methoxy groups -OCH3 is 2. The molecule has 1 atom stereocenters. The largest absolute Gasteiger partial charge is 0.493 e. The van der Waals surface area contributed by atoms with E-state index in [2.05, 4.69) is 10.3 Å². The molecule has 0 aliphatic heterocycles. The average Bonchev–Trinajstić information content (AvgIpc) is 2.93. The van der Waals surface area contributed by atoms with Gasteiger partial charge in [-0.1, -0.05) is 6.92 Å². The number of aromatic amines is 1. The number of fused-ring (bicyclic) bond motifs is 1. The van der Waals surface area contributed by atoms with Crippen LogP contribution in [0.25, 0.3) is 10.9 Å². The number of aromatic nitrogens is 1. The smallest absolute Gasteiger partial charge is 0.326 e. The molecule has 0 spiro atoms. The SMILES string of the molecule is CC[C@H](NC(=O)c1cc2cc(OC)c(OC)cc2[nH]1)C(=O)O. The highest BCUT2D eigenvalue weighted by Crippen LogP contribution is 2.32. The average molecular weight is 306 g/mol. The normalized spacial score (nSPS) is 12.0. The Morgan fingerprint density at radius 1 is 1.23 bits per heavy atom. The maximum Gasteiger partial charge on any atom is 0.326 e. The van der Waals surface area contributed by atoms with Crippen LogP contribution in [0.3, 0.4) is 0 Å². The number of carboxylic acid groups (broad SMARTS) is 1. The van der Waals surface area contributed by atoms with Gasteiger partial charge < -0.3 is 24.9 Å². The Bertz CT molecular complexity index is 666. The van der Waals surface area contributed by atoms with E-state index in [-0.39, 0.29) is 5.69 Å². The van der Waals surface area contributed by atoms with Crippen molar-refractivity contribution in [2.45, 2.75) is 19.4 Å². The number of hydrogen-bond acceptors (Lipinski definition) is 4. The molecule has 0 unspecified atom stereocenters. The second-order valence-electron chi connectivity index (χ2n) is 4.75. The molecule has 3 N–H and O–H groups in total. The highest BCUT2D eigenvalue weighted by Gasteiger charge is 2.20. The molecule has 1 amide bonds. The van der Waals surface area contributed by atoms with Crippen LogP contribution in [0.15, 0.2) is 18.2 Å². The number of aliphatic carboxylic acids is 1. The topological polar surface area (TPSA) is 101 Å². The van der Waals surface area contributed by atoms with Crippen LogP contribution >= 0.6 is 0 Å². The Kier molecular flexibility index (Phi) is 4.55. The lowest BCUT2D eigenvalue weighted by atomic mass is 10.2. The summed E-state index contributed by atoms with van der Waals surface area (Å²) in [6, 6.07) is 4.19. The van der Waals surface area contributed by atoms with Crippen molar-refractivity contribution in [3.63, 3.8) is 0 Å². The zero-order valence-corrected chi connectivity index (χ0v) is 12.6. The quantitative estimate of drug-likeness (QED) is 0.755. The summed E-state index contributed by atoms with van der Waals surface area (Å²) in [5.74, 6) is -0.433. The zero-order chi connectivity index (χ0) is 16.3. The van der Waals surface area contributed by atoms with Crippen LogP contribution in [0.5, 0.6) is 11.5 Å². The summed E-state index contributed by atoms with van der Waals surface area (Å²) in [6.45, 7) is 1.69. The second-order valence-corrected chi connectivity index (χ2v) is 4.75. The molecule has 22 heavy (non-hydrogen) atoms. The lowest BCUT2D eigenvalue weighted by molar-refractivity contribution is -0.139. The molecule has 1 aromatic heterocycles. The van der Waals surface area contributed by atoms with Crippen molar-refractivity contribution in [2.24, 2.45) is 0 Å². The highest BCUT2D eigenvalue weighted by molar-refractivity contribution is 6.00. The number of benzene rings is 1. The zero-order valence-electron chi connectivity index (χ0n) is 12.6. The van der Waals surface area contributed by atoms with Crippen molar-refractivity contribution in [1.82, 2.24) is 10.3 Å². The Morgan fingerprint density at radius 3 is 2.41 bits per heavy atom. The van der Waals surface area contributed by atoms with Crippen molar-refractivity contribution >= 4 is 22.8 Å². The molecular formula is C15H18N2O5. The van der Waals surface area contributed by atoms with Crippen molar-refractivity contribution in [2.75, 3.05) is 14.2 Å². The van der Waals surface area contributed by atoms with Gasteiger partial charge in [0.05, 0.1) is 14.2 Å². The number of carbonyl (C=O) groups excluding carboxylic acids is 1. The van der Waals surface area contributed by atoms with Crippen molar-refractivity contribution < 1.29 is 24.2 Å². The van der Waals surface area contributed by atoms with E-state index in [0.717, 1.165) is 5.39 Å². The van der Waals surface area contributed by atoms with E-state index >= 15 is 0 Å². The molecule has 7 nitrogen and oxygen atoms in total. The van der Waals surface area contributed by atoms with E-state index in [4.69, 9.17) is 14.6 Å². The van der Waals surface area contributed by atoms with Crippen LogP contribution < -0.4 is 14.8 Å². The van der Waals surface area contributed by atoms with Crippen LogP contribution in [0.2, 0.25) is 0 Å². The number of H-pyrrole nitrogens is 1. The molecule has 7 heteroatoms. The number of carbonyl (C=O) groups is 2. The number of hydrogen-bond donors (Lipinski definition) is 3. The first-order valence-corrected chi connectivity index (χ1v) is 6.78. The molecule has 0 radical (unpaired) electrons. The summed E-state index contributed by atoms with van der Waals surface area (Å²) in [7, 11) is 3.06. The molecule has 1 heterocycles. The maximum absolute atomic E-state index is 12.1. The van der Waals surface area contributed by atoms with Gasteiger partial charge in [0, 0.05) is 17.0 Å². The first-order valence-electron chi connectivity index (χ1n) is 6.78. The first kappa shape index (κ1) is 15.7. The fourth-order valence-electron chi connectivity index (χ4n) is 2.16. The standard InChI is InChI=1S/C15H18N2O5/c1-4-9(15(19)20)17-14(18)11-5-8-6-12(21-2)13(22-3)7-10(8)16-11/h5-7,9,16H,4H2,1-3H3,(H,17,18)(H,19,20)/t9-/m0/s1. The number of amides is 1. The molecule has 0 aliphatic carbocycles. The molecule has 0 aliphatic rings. The van der Waals surface area contributed by atoms with E-state index in [0.29, 0.717) is 23.4 Å². The van der Waals surface area contributed by atoms with Crippen molar-refractivity contribution in [3.05, 3.63) is 23.9 Å². The van der Waals surface area contributed by atoms with E-state index in [1.54, 1.807) is 25.1 Å². The van der Waals surface area contributed by atoms with Gasteiger partial charge in [-0.2, -0.15) is 0 Å². The third kappa shape index (κ3) is 2.98. The molecule has 2 aromatic rings. The van der Waals surface area contributed by atoms with Gasteiger partial charge in [0.2, 0.25) is 0 Å². The minimum atomic E-state index is -1.06. The number of nitrogens with one attached hydrogen (secondary N) is 2. The molecular weight excluding hydrogens is 288 g/mol. The Morgan fingerprint density at radius 2 is 1.86 bits per heavy atom. The minimum absolute atomic E-state index is 0.282. The van der Waals surface area contributed by atoms with Gasteiger partial charge >= 0.3 is 5.97 Å². The summed E-state index contributed by atoms with van der Waals surface area (Å²) in [5.41, 5.74) is 0.983. The van der Waals surface area contributed by atoms with E-state index < -0.39 is 17.9 Å².